The number of hydrogen-bond acceptors (Lipinski definition) is 3. The number of rotatable bonds is 7. The first-order valence-corrected chi connectivity index (χ1v) is 9.27. The Balaban J connectivity index is 0.00000264. The number of anilines is 1. The third kappa shape index (κ3) is 5.52. The van der Waals surface area contributed by atoms with Crippen LogP contribution in [0.1, 0.15) is 25.3 Å². The highest BCUT2D eigenvalue weighted by Gasteiger charge is 2.28. The van der Waals surface area contributed by atoms with Crippen molar-refractivity contribution >= 4 is 45.6 Å². The maximum absolute atomic E-state index is 12.4. The minimum Gasteiger partial charge on any atom is -0.370 e. The maximum Gasteiger partial charge on any atom is 0.236 e. The van der Waals surface area contributed by atoms with Crippen LogP contribution in [0.4, 0.5) is 5.69 Å². The van der Waals surface area contributed by atoms with E-state index in [1.54, 1.807) is 0 Å². The summed E-state index contributed by atoms with van der Waals surface area (Å²) in [6, 6.07) is 7.63. The molecule has 0 spiro atoms. The van der Waals surface area contributed by atoms with E-state index in [1.165, 1.54) is 4.31 Å². The van der Waals surface area contributed by atoms with Gasteiger partial charge < -0.3 is 11.1 Å². The molecule has 2 rings (SSSR count). The Morgan fingerprint density at radius 3 is 2.87 bits per heavy atom. The van der Waals surface area contributed by atoms with Crippen LogP contribution in [0.3, 0.4) is 0 Å². The molecule has 0 saturated carbocycles. The van der Waals surface area contributed by atoms with E-state index in [0.717, 1.165) is 30.5 Å². The standard InChI is InChI=1S/C15H24N4O2S.HI/c1-2-3-9-17-15(16)18-10-12-22(20,21)19-11-8-13-6-4-5-7-14(13)19;/h4-7H,2-3,8-12H2,1H3,(H3,16,17,18);1H. The van der Waals surface area contributed by atoms with Gasteiger partial charge in [-0.1, -0.05) is 31.5 Å². The number of aliphatic imine (C=N–C) groups is 1. The Morgan fingerprint density at radius 1 is 1.39 bits per heavy atom. The molecule has 1 aliphatic rings. The normalized spacial score (nSPS) is 14.3. The van der Waals surface area contributed by atoms with Crippen LogP contribution >= 0.6 is 24.0 Å². The average molecular weight is 452 g/mol. The van der Waals surface area contributed by atoms with Crippen molar-refractivity contribution in [1.29, 1.82) is 0 Å². The molecule has 23 heavy (non-hydrogen) atoms. The number of benzene rings is 1. The van der Waals surface area contributed by atoms with Gasteiger partial charge in [0, 0.05) is 19.6 Å². The Hall–Kier alpha value is -1.03. The number of para-hydroxylation sites is 1. The summed E-state index contributed by atoms with van der Waals surface area (Å²) in [6.45, 7) is 3.53. The number of halogens is 1. The summed E-state index contributed by atoms with van der Waals surface area (Å²) in [7, 11) is -3.33. The van der Waals surface area contributed by atoms with Gasteiger partial charge in [0.2, 0.25) is 10.0 Å². The van der Waals surface area contributed by atoms with E-state index in [2.05, 4.69) is 17.2 Å². The number of fused-ring (bicyclic) bond motifs is 1. The van der Waals surface area contributed by atoms with Gasteiger partial charge in [-0.2, -0.15) is 0 Å². The van der Waals surface area contributed by atoms with Gasteiger partial charge >= 0.3 is 0 Å². The van der Waals surface area contributed by atoms with Gasteiger partial charge in [-0.05, 0) is 24.5 Å². The lowest BCUT2D eigenvalue weighted by Gasteiger charge is -2.19. The third-order valence-corrected chi connectivity index (χ3v) is 5.41. The average Bonchev–Trinajstić information content (AvgIpc) is 2.92. The summed E-state index contributed by atoms with van der Waals surface area (Å²) >= 11 is 0. The van der Waals surface area contributed by atoms with Crippen LogP contribution in [0.5, 0.6) is 0 Å². The van der Waals surface area contributed by atoms with E-state index in [9.17, 15) is 8.42 Å². The first-order chi connectivity index (χ1) is 10.5. The molecule has 0 radical (unpaired) electrons. The van der Waals surface area contributed by atoms with E-state index in [4.69, 9.17) is 5.73 Å². The van der Waals surface area contributed by atoms with Crippen LogP contribution in [0.2, 0.25) is 0 Å². The van der Waals surface area contributed by atoms with Crippen molar-refractivity contribution in [3.05, 3.63) is 29.8 Å². The smallest absolute Gasteiger partial charge is 0.236 e. The maximum atomic E-state index is 12.4. The van der Waals surface area contributed by atoms with E-state index in [0.29, 0.717) is 19.0 Å². The number of nitrogens with two attached hydrogens (primary N) is 1. The van der Waals surface area contributed by atoms with E-state index in [1.807, 2.05) is 24.3 Å². The Morgan fingerprint density at radius 2 is 2.13 bits per heavy atom. The van der Waals surface area contributed by atoms with Crippen LogP contribution in [0.25, 0.3) is 0 Å². The number of sulfonamides is 1. The molecule has 130 valence electrons. The fraction of sp³-hybridized carbons (Fsp3) is 0.533. The number of nitrogens with zero attached hydrogens (tertiary/aromatic N) is 2. The van der Waals surface area contributed by atoms with Crippen LogP contribution in [0, 0.1) is 0 Å². The number of hydrogen-bond donors (Lipinski definition) is 2. The van der Waals surface area contributed by atoms with Gasteiger partial charge in [0.05, 0.1) is 11.4 Å². The van der Waals surface area contributed by atoms with Gasteiger partial charge in [0.25, 0.3) is 0 Å². The number of guanidine groups is 1. The topological polar surface area (TPSA) is 87.8 Å². The van der Waals surface area contributed by atoms with Gasteiger partial charge in [-0.25, -0.2) is 8.42 Å². The predicted molar refractivity (Wildman–Crippen MR) is 106 cm³/mol. The fourth-order valence-corrected chi connectivity index (χ4v) is 3.86. The number of nitrogens with one attached hydrogen (secondary N) is 1. The largest absolute Gasteiger partial charge is 0.370 e. The second kappa shape index (κ2) is 9.31. The third-order valence-electron chi connectivity index (χ3n) is 3.64. The second-order valence-corrected chi connectivity index (χ2v) is 7.33. The number of unbranched alkanes of at least 4 members (excludes halogenated alkanes) is 1. The van der Waals surface area contributed by atoms with Gasteiger partial charge in [0.15, 0.2) is 5.96 Å². The molecule has 1 aromatic rings. The zero-order valence-electron chi connectivity index (χ0n) is 13.4. The molecule has 0 aliphatic carbocycles. The molecule has 0 saturated heterocycles. The molecule has 1 heterocycles. The van der Waals surface area contributed by atoms with Gasteiger partial charge in [-0.15, -0.1) is 24.0 Å². The van der Waals surface area contributed by atoms with Gasteiger partial charge in [0.1, 0.15) is 0 Å². The molecule has 0 bridgehead atoms. The van der Waals surface area contributed by atoms with E-state index in [-0.39, 0.29) is 36.3 Å². The minimum atomic E-state index is -3.33. The Labute approximate surface area is 155 Å². The summed E-state index contributed by atoms with van der Waals surface area (Å²) in [5.41, 5.74) is 7.59. The summed E-state index contributed by atoms with van der Waals surface area (Å²) < 4.78 is 26.4. The van der Waals surface area contributed by atoms with Crippen LogP contribution in [0.15, 0.2) is 29.3 Å². The molecule has 6 nitrogen and oxygen atoms in total. The Bertz CT molecular complexity index is 634. The lowest BCUT2D eigenvalue weighted by Crippen LogP contribution is -2.39. The van der Waals surface area contributed by atoms with Crippen molar-refractivity contribution in [3.63, 3.8) is 0 Å². The van der Waals surface area contributed by atoms with Crippen molar-refractivity contribution in [2.75, 3.05) is 29.7 Å². The molecule has 8 heteroatoms. The zero-order chi connectivity index (χ0) is 16.0. The van der Waals surface area contributed by atoms with Crippen molar-refractivity contribution in [2.24, 2.45) is 10.7 Å². The highest BCUT2D eigenvalue weighted by atomic mass is 127. The lowest BCUT2D eigenvalue weighted by molar-refractivity contribution is 0.591. The summed E-state index contributed by atoms with van der Waals surface area (Å²) in [5.74, 6) is 0.316. The molecule has 0 aromatic heterocycles. The lowest BCUT2D eigenvalue weighted by atomic mass is 10.2. The van der Waals surface area contributed by atoms with Crippen LogP contribution < -0.4 is 15.4 Å². The van der Waals surface area contributed by atoms with Crippen LogP contribution in [-0.4, -0.2) is 39.8 Å². The predicted octanol–water partition coefficient (Wildman–Crippen LogP) is 1.70. The fourth-order valence-electron chi connectivity index (χ4n) is 2.43. The van der Waals surface area contributed by atoms with E-state index >= 15 is 0 Å². The monoisotopic (exact) mass is 452 g/mol. The quantitative estimate of drug-likeness (QED) is 0.285. The highest BCUT2D eigenvalue weighted by molar-refractivity contribution is 14.0. The summed E-state index contributed by atoms with van der Waals surface area (Å²) in [5, 5.41) is 2.87. The molecular weight excluding hydrogens is 427 g/mol. The van der Waals surface area contributed by atoms with Crippen molar-refractivity contribution < 1.29 is 8.42 Å². The highest BCUT2D eigenvalue weighted by Crippen LogP contribution is 2.29. The second-order valence-electron chi connectivity index (χ2n) is 5.31. The zero-order valence-corrected chi connectivity index (χ0v) is 16.5. The molecule has 1 aliphatic heterocycles. The van der Waals surface area contributed by atoms with E-state index < -0.39 is 10.0 Å². The molecule has 0 fully saturated rings. The molecule has 1 aromatic carbocycles. The summed E-state index contributed by atoms with van der Waals surface area (Å²) in [6.07, 6.45) is 2.80. The Kier molecular flexibility index (Phi) is 8.10. The first kappa shape index (κ1) is 20.0. The molecule has 0 atom stereocenters. The molecule has 0 unspecified atom stereocenters. The SMILES string of the molecule is CCCCN=C(N)NCCS(=O)(=O)N1CCc2ccccc21.I. The van der Waals surface area contributed by atoms with Crippen molar-refractivity contribution in [2.45, 2.75) is 26.2 Å². The van der Waals surface area contributed by atoms with Crippen LogP contribution in [-0.2, 0) is 16.4 Å². The molecular formula is C15H25IN4O2S. The molecule has 3 N–H and O–H groups in total. The minimum absolute atomic E-state index is 0. The summed E-state index contributed by atoms with van der Waals surface area (Å²) in [4.78, 5) is 4.14. The molecule has 0 amide bonds. The van der Waals surface area contributed by atoms with Gasteiger partial charge in [-0.3, -0.25) is 9.30 Å². The van der Waals surface area contributed by atoms with Crippen molar-refractivity contribution in [3.8, 4) is 0 Å². The first-order valence-electron chi connectivity index (χ1n) is 7.66. The van der Waals surface area contributed by atoms with Crippen molar-refractivity contribution in [1.82, 2.24) is 5.32 Å².